The second kappa shape index (κ2) is 12.3. The summed E-state index contributed by atoms with van der Waals surface area (Å²) in [5.41, 5.74) is 0. The van der Waals surface area contributed by atoms with E-state index in [0.717, 1.165) is 63.0 Å². The van der Waals surface area contributed by atoms with Crippen LogP contribution in [-0.2, 0) is 9.53 Å². The summed E-state index contributed by atoms with van der Waals surface area (Å²) in [4.78, 5) is 12.3. The Kier molecular flexibility index (Phi) is 9.67. The minimum atomic E-state index is -0.0961. The fourth-order valence-corrected chi connectivity index (χ4v) is 3.31. The number of hydrogen-bond donors (Lipinski definition) is 0. The maximum absolute atomic E-state index is 12.3. The number of hydrogen-bond acceptors (Lipinski definition) is 4. The third-order valence-electron chi connectivity index (χ3n) is 5.21. The third-order valence-corrected chi connectivity index (χ3v) is 5.21. The van der Waals surface area contributed by atoms with Gasteiger partial charge in [-0.15, -0.1) is 0 Å². The molecule has 2 rings (SSSR count). The molecule has 1 aliphatic carbocycles. The molecule has 0 saturated heterocycles. The van der Waals surface area contributed by atoms with Crippen LogP contribution in [-0.4, -0.2) is 19.2 Å². The second-order valence-corrected chi connectivity index (χ2v) is 7.63. The molecule has 0 bridgehead atoms. The molecule has 1 aliphatic rings. The van der Waals surface area contributed by atoms with E-state index in [-0.39, 0.29) is 11.9 Å². The van der Waals surface area contributed by atoms with Gasteiger partial charge in [-0.05, 0) is 87.6 Å². The maximum atomic E-state index is 12.3. The van der Waals surface area contributed by atoms with Crippen molar-refractivity contribution in [3.05, 3.63) is 49.3 Å². The van der Waals surface area contributed by atoms with Gasteiger partial charge in [0, 0.05) is 0 Å². The lowest BCUT2D eigenvalue weighted by atomic mass is 9.83. The quantitative estimate of drug-likeness (QED) is 0.144. The van der Waals surface area contributed by atoms with Crippen LogP contribution >= 0.6 is 0 Å². The van der Waals surface area contributed by atoms with Crippen LogP contribution in [0.5, 0.6) is 11.5 Å². The van der Waals surface area contributed by atoms with E-state index >= 15 is 0 Å². The van der Waals surface area contributed by atoms with Crippen LogP contribution in [0.25, 0.3) is 0 Å². The number of rotatable bonds is 12. The SMILES string of the molecule is C=CC(=C)OCCCCCCOc1ccc(OC(=O)C2CCC(C)CC2)cc1. The molecule has 28 heavy (non-hydrogen) atoms. The highest BCUT2D eigenvalue weighted by molar-refractivity contribution is 5.75. The Morgan fingerprint density at radius 3 is 2.25 bits per heavy atom. The Hall–Kier alpha value is -2.23. The predicted octanol–water partition coefficient (Wildman–Crippen LogP) is 6.07. The predicted molar refractivity (Wildman–Crippen MR) is 112 cm³/mol. The Balaban J connectivity index is 1.57. The Morgan fingerprint density at radius 2 is 1.61 bits per heavy atom. The van der Waals surface area contributed by atoms with Crippen LogP contribution in [0.1, 0.15) is 58.3 Å². The van der Waals surface area contributed by atoms with E-state index in [4.69, 9.17) is 14.2 Å². The molecule has 1 saturated carbocycles. The van der Waals surface area contributed by atoms with Gasteiger partial charge in [-0.1, -0.05) is 20.1 Å². The number of ether oxygens (including phenoxy) is 3. The van der Waals surface area contributed by atoms with Gasteiger partial charge in [-0.25, -0.2) is 0 Å². The lowest BCUT2D eigenvalue weighted by Crippen LogP contribution is -2.24. The molecular weight excluding hydrogens is 352 g/mol. The molecule has 1 aromatic carbocycles. The molecule has 1 aromatic rings. The van der Waals surface area contributed by atoms with Gasteiger partial charge in [-0.2, -0.15) is 0 Å². The molecular formula is C24H34O4. The van der Waals surface area contributed by atoms with Gasteiger partial charge in [0.25, 0.3) is 0 Å². The molecule has 0 radical (unpaired) electrons. The van der Waals surface area contributed by atoms with Crippen molar-refractivity contribution in [2.45, 2.75) is 58.3 Å². The van der Waals surface area contributed by atoms with Crippen molar-refractivity contribution in [3.8, 4) is 11.5 Å². The first-order chi connectivity index (χ1) is 13.6. The second-order valence-electron chi connectivity index (χ2n) is 7.63. The zero-order chi connectivity index (χ0) is 20.2. The molecule has 0 spiro atoms. The van der Waals surface area contributed by atoms with Crippen LogP contribution < -0.4 is 9.47 Å². The van der Waals surface area contributed by atoms with Crippen molar-refractivity contribution in [2.75, 3.05) is 13.2 Å². The van der Waals surface area contributed by atoms with E-state index in [1.165, 1.54) is 0 Å². The average Bonchev–Trinajstić information content (AvgIpc) is 2.71. The smallest absolute Gasteiger partial charge is 0.314 e. The fraction of sp³-hybridized carbons (Fsp3) is 0.542. The van der Waals surface area contributed by atoms with Crippen molar-refractivity contribution >= 4 is 5.97 Å². The van der Waals surface area contributed by atoms with Crippen molar-refractivity contribution in [3.63, 3.8) is 0 Å². The molecule has 4 nitrogen and oxygen atoms in total. The number of carbonyl (C=O) groups excluding carboxylic acids is 1. The zero-order valence-corrected chi connectivity index (χ0v) is 17.2. The molecule has 0 unspecified atom stereocenters. The molecule has 0 aromatic heterocycles. The minimum Gasteiger partial charge on any atom is -0.494 e. The van der Waals surface area contributed by atoms with E-state index in [2.05, 4.69) is 20.1 Å². The van der Waals surface area contributed by atoms with Crippen molar-refractivity contribution in [1.82, 2.24) is 0 Å². The summed E-state index contributed by atoms with van der Waals surface area (Å²) in [6.07, 6.45) is 9.94. The van der Waals surface area contributed by atoms with Gasteiger partial charge in [0.2, 0.25) is 0 Å². The lowest BCUT2D eigenvalue weighted by Gasteiger charge is -2.24. The summed E-state index contributed by atoms with van der Waals surface area (Å²) in [7, 11) is 0. The summed E-state index contributed by atoms with van der Waals surface area (Å²) in [5.74, 6) is 2.71. The van der Waals surface area contributed by atoms with Gasteiger partial charge < -0.3 is 14.2 Å². The summed E-state index contributed by atoms with van der Waals surface area (Å²) >= 11 is 0. The molecule has 0 heterocycles. The van der Waals surface area contributed by atoms with E-state index in [0.29, 0.717) is 24.7 Å². The molecule has 154 valence electrons. The van der Waals surface area contributed by atoms with Gasteiger partial charge >= 0.3 is 5.97 Å². The van der Waals surface area contributed by atoms with E-state index in [9.17, 15) is 4.79 Å². The summed E-state index contributed by atoms with van der Waals surface area (Å²) in [5, 5.41) is 0. The third kappa shape index (κ3) is 8.20. The summed E-state index contributed by atoms with van der Waals surface area (Å²) in [6, 6.07) is 7.34. The number of benzene rings is 1. The number of unbranched alkanes of at least 4 members (excludes halogenated alkanes) is 3. The van der Waals surface area contributed by atoms with E-state index in [1.807, 2.05) is 24.3 Å². The highest BCUT2D eigenvalue weighted by Crippen LogP contribution is 2.29. The standard InChI is InChI=1S/C24H34O4/c1-4-20(3)26-17-7-5-6-8-18-27-22-13-15-23(16-14-22)28-24(25)21-11-9-19(2)10-12-21/h4,13-16,19,21H,1,3,5-12,17-18H2,2H3. The van der Waals surface area contributed by atoms with E-state index < -0.39 is 0 Å². The largest absolute Gasteiger partial charge is 0.494 e. The topological polar surface area (TPSA) is 44.8 Å². The first-order valence-electron chi connectivity index (χ1n) is 10.5. The Labute approximate surface area is 169 Å². The maximum Gasteiger partial charge on any atom is 0.314 e. The van der Waals surface area contributed by atoms with E-state index in [1.54, 1.807) is 6.08 Å². The van der Waals surface area contributed by atoms with Crippen LogP contribution in [0.2, 0.25) is 0 Å². The first-order valence-corrected chi connectivity index (χ1v) is 10.5. The number of esters is 1. The highest BCUT2D eigenvalue weighted by Gasteiger charge is 2.25. The normalized spacial score (nSPS) is 18.9. The molecule has 0 amide bonds. The lowest BCUT2D eigenvalue weighted by molar-refractivity contribution is -0.140. The zero-order valence-electron chi connectivity index (χ0n) is 17.2. The van der Waals surface area contributed by atoms with Crippen molar-refractivity contribution in [2.24, 2.45) is 11.8 Å². The van der Waals surface area contributed by atoms with Gasteiger partial charge in [0.15, 0.2) is 0 Å². The Bertz CT molecular complexity index is 612. The fourth-order valence-electron chi connectivity index (χ4n) is 3.31. The van der Waals surface area contributed by atoms with Gasteiger partial charge in [-0.3, -0.25) is 4.79 Å². The summed E-state index contributed by atoms with van der Waals surface area (Å²) in [6.45, 7) is 10.9. The highest BCUT2D eigenvalue weighted by atomic mass is 16.5. The van der Waals surface area contributed by atoms with Crippen LogP contribution in [0, 0.1) is 11.8 Å². The van der Waals surface area contributed by atoms with Crippen LogP contribution in [0.3, 0.4) is 0 Å². The number of carbonyl (C=O) groups is 1. The van der Waals surface area contributed by atoms with Gasteiger partial charge in [0.1, 0.15) is 17.3 Å². The van der Waals surface area contributed by atoms with Gasteiger partial charge in [0.05, 0.1) is 19.1 Å². The van der Waals surface area contributed by atoms with Crippen molar-refractivity contribution < 1.29 is 19.0 Å². The molecule has 0 N–H and O–H groups in total. The van der Waals surface area contributed by atoms with Crippen LogP contribution in [0.15, 0.2) is 49.3 Å². The van der Waals surface area contributed by atoms with Crippen molar-refractivity contribution in [1.29, 1.82) is 0 Å². The molecule has 0 aliphatic heterocycles. The van der Waals surface area contributed by atoms with Crippen LogP contribution in [0.4, 0.5) is 0 Å². The number of allylic oxidation sites excluding steroid dienone is 1. The molecule has 0 atom stereocenters. The average molecular weight is 387 g/mol. The monoisotopic (exact) mass is 386 g/mol. The molecule has 1 fully saturated rings. The minimum absolute atomic E-state index is 0.0485. The Morgan fingerprint density at radius 1 is 1.00 bits per heavy atom. The molecule has 4 heteroatoms. The first kappa shape index (κ1) is 22.1. The summed E-state index contributed by atoms with van der Waals surface area (Å²) < 4.78 is 16.7.